The van der Waals surface area contributed by atoms with Crippen LogP contribution in [0.15, 0.2) is 24.3 Å². The van der Waals surface area contributed by atoms with Crippen LogP contribution in [0, 0.1) is 28.6 Å². The van der Waals surface area contributed by atoms with Gasteiger partial charge in [-0.2, -0.15) is 10.5 Å². The molecule has 1 aromatic carbocycles. The molecule has 92 valence electrons. The van der Waals surface area contributed by atoms with E-state index in [1.165, 1.54) is 0 Å². The van der Waals surface area contributed by atoms with Crippen molar-refractivity contribution in [2.45, 2.75) is 17.8 Å². The van der Waals surface area contributed by atoms with Crippen LogP contribution in [-0.2, 0) is 5.41 Å². The van der Waals surface area contributed by atoms with E-state index in [-0.39, 0.29) is 19.1 Å². The van der Waals surface area contributed by atoms with Gasteiger partial charge < -0.3 is 10.2 Å². The molecule has 2 N–H and O–H groups in total. The summed E-state index contributed by atoms with van der Waals surface area (Å²) >= 11 is 0. The molecule has 4 nitrogen and oxygen atoms in total. The zero-order valence-corrected chi connectivity index (χ0v) is 9.87. The first-order chi connectivity index (χ1) is 8.72. The normalized spacial score (nSPS) is 30.0. The van der Waals surface area contributed by atoms with Gasteiger partial charge in [-0.1, -0.05) is 24.3 Å². The number of aliphatic hydroxyl groups is 2. The van der Waals surface area contributed by atoms with Crippen LogP contribution < -0.4 is 0 Å². The Bertz CT molecular complexity index is 529. The highest BCUT2D eigenvalue weighted by Gasteiger charge is 2.44. The lowest BCUT2D eigenvalue weighted by molar-refractivity contribution is 0.143. The molecule has 1 aromatic rings. The van der Waals surface area contributed by atoms with Gasteiger partial charge in [-0.25, -0.2) is 0 Å². The lowest BCUT2D eigenvalue weighted by Gasteiger charge is -2.38. The van der Waals surface area contributed by atoms with Crippen molar-refractivity contribution >= 4 is 0 Å². The molecule has 0 saturated carbocycles. The van der Waals surface area contributed by atoms with E-state index >= 15 is 0 Å². The van der Waals surface area contributed by atoms with Crippen molar-refractivity contribution in [3.63, 3.8) is 0 Å². The molecule has 0 radical (unpaired) electrons. The summed E-state index contributed by atoms with van der Waals surface area (Å²) in [5.41, 5.74) is 0.462. The maximum absolute atomic E-state index is 9.57. The SMILES string of the molecule is N#C[C@H]1c2ccccc2[C@@](C#N)(CO)C[C@H]1CO. The van der Waals surface area contributed by atoms with Crippen molar-refractivity contribution < 1.29 is 10.2 Å². The number of nitrogens with zero attached hydrogens (tertiary/aromatic N) is 2. The summed E-state index contributed by atoms with van der Waals surface area (Å²) in [5.74, 6) is -0.726. The first-order valence-electron chi connectivity index (χ1n) is 5.84. The second kappa shape index (κ2) is 4.78. The van der Waals surface area contributed by atoms with E-state index in [0.717, 1.165) is 5.56 Å². The van der Waals surface area contributed by atoms with Crippen LogP contribution in [0.3, 0.4) is 0 Å². The Hall–Kier alpha value is -1.88. The van der Waals surface area contributed by atoms with Crippen LogP contribution in [0.4, 0.5) is 0 Å². The molecule has 0 spiro atoms. The summed E-state index contributed by atoms with van der Waals surface area (Å²) in [7, 11) is 0. The third-order valence-corrected chi connectivity index (χ3v) is 3.75. The van der Waals surface area contributed by atoms with Gasteiger partial charge in [-0.05, 0) is 17.5 Å². The first-order valence-corrected chi connectivity index (χ1v) is 5.84. The Morgan fingerprint density at radius 1 is 1.28 bits per heavy atom. The fourth-order valence-electron chi connectivity index (χ4n) is 2.77. The molecule has 4 heteroatoms. The molecule has 0 aliphatic heterocycles. The summed E-state index contributed by atoms with van der Waals surface area (Å²) in [6, 6.07) is 11.5. The standard InChI is InChI=1S/C14H14N2O2/c15-6-12-10(7-17)5-14(8-16,9-18)13-4-2-1-3-11(12)13/h1-4,10,12,17-18H,5,7,9H2/t10-,12+,14-/m0/s1. The van der Waals surface area contributed by atoms with Crippen LogP contribution in [0.2, 0.25) is 0 Å². The Labute approximate surface area is 106 Å². The predicted molar refractivity (Wildman–Crippen MR) is 64.4 cm³/mol. The Morgan fingerprint density at radius 3 is 2.56 bits per heavy atom. The van der Waals surface area contributed by atoms with Gasteiger partial charge in [0.1, 0.15) is 5.41 Å². The van der Waals surface area contributed by atoms with Gasteiger partial charge in [0.15, 0.2) is 0 Å². The van der Waals surface area contributed by atoms with E-state index in [1.54, 1.807) is 18.2 Å². The Balaban J connectivity index is 2.64. The summed E-state index contributed by atoms with van der Waals surface area (Å²) in [6.45, 7) is -0.453. The number of benzene rings is 1. The molecule has 0 fully saturated rings. The number of hydrogen-bond acceptors (Lipinski definition) is 4. The Morgan fingerprint density at radius 2 is 2.00 bits per heavy atom. The highest BCUT2D eigenvalue weighted by molar-refractivity contribution is 5.46. The minimum absolute atomic E-state index is 0.157. The lowest BCUT2D eigenvalue weighted by atomic mass is 9.63. The fraction of sp³-hybridized carbons (Fsp3) is 0.429. The van der Waals surface area contributed by atoms with E-state index in [1.807, 2.05) is 6.07 Å². The van der Waals surface area contributed by atoms with Gasteiger partial charge in [0.2, 0.25) is 0 Å². The van der Waals surface area contributed by atoms with Crippen molar-refractivity contribution in [3.8, 4) is 12.1 Å². The van der Waals surface area contributed by atoms with Gasteiger partial charge in [0.05, 0.1) is 24.7 Å². The van der Waals surface area contributed by atoms with E-state index in [2.05, 4.69) is 12.1 Å². The minimum atomic E-state index is -1.00. The number of nitriles is 2. The fourth-order valence-corrected chi connectivity index (χ4v) is 2.77. The van der Waals surface area contributed by atoms with Gasteiger partial charge in [0, 0.05) is 12.5 Å². The van der Waals surface area contributed by atoms with Gasteiger partial charge in [-0.15, -0.1) is 0 Å². The second-order valence-corrected chi connectivity index (χ2v) is 4.69. The van der Waals surface area contributed by atoms with Crippen LogP contribution in [-0.4, -0.2) is 23.4 Å². The van der Waals surface area contributed by atoms with Crippen molar-refractivity contribution in [2.24, 2.45) is 5.92 Å². The molecule has 1 aliphatic rings. The zero-order valence-electron chi connectivity index (χ0n) is 9.87. The molecule has 0 amide bonds. The highest BCUT2D eigenvalue weighted by atomic mass is 16.3. The van der Waals surface area contributed by atoms with E-state index < -0.39 is 11.3 Å². The van der Waals surface area contributed by atoms with Gasteiger partial charge in [-0.3, -0.25) is 0 Å². The van der Waals surface area contributed by atoms with Gasteiger partial charge in [0.25, 0.3) is 0 Å². The molecule has 0 unspecified atom stereocenters. The largest absolute Gasteiger partial charge is 0.396 e. The minimum Gasteiger partial charge on any atom is -0.396 e. The van der Waals surface area contributed by atoms with Crippen LogP contribution in [0.1, 0.15) is 23.5 Å². The van der Waals surface area contributed by atoms with E-state index in [4.69, 9.17) is 0 Å². The van der Waals surface area contributed by atoms with Crippen LogP contribution in [0.5, 0.6) is 0 Å². The first kappa shape index (κ1) is 12.6. The number of rotatable bonds is 2. The topological polar surface area (TPSA) is 88.0 Å². The van der Waals surface area contributed by atoms with Crippen molar-refractivity contribution in [1.82, 2.24) is 0 Å². The predicted octanol–water partition coefficient (Wildman–Crippen LogP) is 1.06. The van der Waals surface area contributed by atoms with Crippen LogP contribution >= 0.6 is 0 Å². The summed E-state index contributed by atoms with van der Waals surface area (Å²) < 4.78 is 0. The Kier molecular flexibility index (Phi) is 3.34. The smallest absolute Gasteiger partial charge is 0.106 e. The number of hydrogen-bond donors (Lipinski definition) is 2. The quantitative estimate of drug-likeness (QED) is 0.811. The molecule has 0 bridgehead atoms. The molecule has 3 atom stereocenters. The zero-order chi connectivity index (χ0) is 13.2. The van der Waals surface area contributed by atoms with Crippen molar-refractivity contribution in [2.75, 3.05) is 13.2 Å². The highest BCUT2D eigenvalue weighted by Crippen LogP contribution is 2.45. The monoisotopic (exact) mass is 242 g/mol. The van der Waals surface area contributed by atoms with Crippen LogP contribution in [0.25, 0.3) is 0 Å². The second-order valence-electron chi connectivity index (χ2n) is 4.69. The third-order valence-electron chi connectivity index (χ3n) is 3.75. The maximum atomic E-state index is 9.57. The summed E-state index contributed by atoms with van der Waals surface area (Å²) in [6.07, 6.45) is 0.311. The molecule has 1 aliphatic carbocycles. The maximum Gasteiger partial charge on any atom is 0.106 e. The molecule has 18 heavy (non-hydrogen) atoms. The average Bonchev–Trinajstić information content (AvgIpc) is 2.45. The van der Waals surface area contributed by atoms with Crippen molar-refractivity contribution in [3.05, 3.63) is 35.4 Å². The summed E-state index contributed by atoms with van der Waals surface area (Å²) in [5, 5.41) is 37.6. The van der Waals surface area contributed by atoms with E-state index in [9.17, 15) is 20.7 Å². The van der Waals surface area contributed by atoms with Crippen molar-refractivity contribution in [1.29, 1.82) is 10.5 Å². The average molecular weight is 242 g/mol. The number of fused-ring (bicyclic) bond motifs is 1. The lowest BCUT2D eigenvalue weighted by Crippen LogP contribution is -2.40. The molecule has 0 saturated heterocycles. The van der Waals surface area contributed by atoms with E-state index in [0.29, 0.717) is 12.0 Å². The number of aliphatic hydroxyl groups excluding tert-OH is 2. The molecular formula is C14H14N2O2. The van der Waals surface area contributed by atoms with Gasteiger partial charge >= 0.3 is 0 Å². The molecule has 0 heterocycles. The third kappa shape index (κ3) is 1.67. The molecule has 2 rings (SSSR count). The molecule has 0 aromatic heterocycles. The summed E-state index contributed by atoms with van der Waals surface area (Å²) in [4.78, 5) is 0. The molecular weight excluding hydrogens is 228 g/mol.